The van der Waals surface area contributed by atoms with E-state index in [4.69, 9.17) is 32.7 Å². The molecular weight excluding hydrogens is 493 g/mol. The molecule has 0 bridgehead atoms. The Hall–Kier alpha value is -2.36. The van der Waals surface area contributed by atoms with Crippen LogP contribution in [0.3, 0.4) is 0 Å². The zero-order valence-electron chi connectivity index (χ0n) is 19.2. The van der Waals surface area contributed by atoms with Gasteiger partial charge < -0.3 is 30.1 Å². The van der Waals surface area contributed by atoms with Crippen LogP contribution in [-0.4, -0.2) is 66.1 Å². The Bertz CT molecular complexity index is 1030. The van der Waals surface area contributed by atoms with Crippen LogP contribution < -0.4 is 10.6 Å². The third-order valence-electron chi connectivity index (χ3n) is 6.16. The number of urea groups is 1. The number of halogens is 2. The minimum Gasteiger partial charge on any atom is -0.389 e. The van der Waals surface area contributed by atoms with Crippen LogP contribution in [0, 0.1) is 0 Å². The average molecular weight is 522 g/mol. The molecule has 10 heteroatoms. The van der Waals surface area contributed by atoms with E-state index in [0.29, 0.717) is 35.1 Å². The van der Waals surface area contributed by atoms with Gasteiger partial charge in [-0.2, -0.15) is 0 Å². The maximum absolute atomic E-state index is 13.2. The number of hydrogen-bond donors (Lipinski definition) is 3. The first kappa shape index (κ1) is 25.7. The van der Waals surface area contributed by atoms with E-state index in [0.717, 1.165) is 5.56 Å². The summed E-state index contributed by atoms with van der Waals surface area (Å²) in [5.74, 6) is -0.0892. The molecule has 4 atom stereocenters. The zero-order chi connectivity index (χ0) is 24.8. The highest BCUT2D eigenvalue weighted by Crippen LogP contribution is 2.29. The van der Waals surface area contributed by atoms with Crippen molar-refractivity contribution in [2.75, 3.05) is 25.1 Å². The van der Waals surface area contributed by atoms with Gasteiger partial charge >= 0.3 is 6.03 Å². The molecule has 35 heavy (non-hydrogen) atoms. The van der Waals surface area contributed by atoms with Gasteiger partial charge in [0.1, 0.15) is 6.10 Å². The molecule has 0 radical (unpaired) electrons. The molecular formula is C25H29Cl2N3O5. The van der Waals surface area contributed by atoms with Gasteiger partial charge in [0.25, 0.3) is 0 Å². The fourth-order valence-corrected chi connectivity index (χ4v) is 4.72. The zero-order valence-corrected chi connectivity index (χ0v) is 20.7. The maximum atomic E-state index is 13.2. The number of rotatable bonds is 5. The number of benzene rings is 2. The SMILES string of the molecule is O=C(C[C@H]1CC[C@H]2[C@@H](COC[C@@H](O)CN2C(=O)Nc2ccc(Cl)c(Cl)c2)O1)NCc1ccccc1. The number of amides is 3. The first-order valence-electron chi connectivity index (χ1n) is 11.6. The molecule has 2 aliphatic heterocycles. The predicted molar refractivity (Wildman–Crippen MR) is 134 cm³/mol. The first-order chi connectivity index (χ1) is 16.9. The molecule has 4 rings (SSSR count). The van der Waals surface area contributed by atoms with Crippen LogP contribution in [0.25, 0.3) is 0 Å². The second-order valence-corrected chi connectivity index (χ2v) is 9.62. The minimum atomic E-state index is -0.822. The van der Waals surface area contributed by atoms with Crippen molar-refractivity contribution in [3.05, 3.63) is 64.1 Å². The molecule has 0 unspecified atom stereocenters. The Morgan fingerprint density at radius 1 is 1.06 bits per heavy atom. The lowest BCUT2D eigenvalue weighted by atomic mass is 9.95. The predicted octanol–water partition coefficient (Wildman–Crippen LogP) is 3.84. The Labute approximate surface area is 214 Å². The summed E-state index contributed by atoms with van der Waals surface area (Å²) >= 11 is 12.0. The summed E-state index contributed by atoms with van der Waals surface area (Å²) in [7, 11) is 0. The Kier molecular flexibility index (Phi) is 8.86. The highest BCUT2D eigenvalue weighted by molar-refractivity contribution is 6.42. The van der Waals surface area contributed by atoms with Crippen molar-refractivity contribution in [3.63, 3.8) is 0 Å². The molecule has 0 aromatic heterocycles. The van der Waals surface area contributed by atoms with E-state index in [1.54, 1.807) is 23.1 Å². The minimum absolute atomic E-state index is 0.0887. The van der Waals surface area contributed by atoms with Crippen molar-refractivity contribution < 1.29 is 24.2 Å². The average Bonchev–Trinajstić information content (AvgIpc) is 2.83. The molecule has 2 aromatic rings. The number of hydrogen-bond acceptors (Lipinski definition) is 5. The number of nitrogens with zero attached hydrogens (tertiary/aromatic N) is 1. The first-order valence-corrected chi connectivity index (χ1v) is 12.4. The summed E-state index contributed by atoms with van der Waals surface area (Å²) in [4.78, 5) is 27.3. The van der Waals surface area contributed by atoms with E-state index in [1.807, 2.05) is 30.3 Å². The largest absolute Gasteiger partial charge is 0.389 e. The van der Waals surface area contributed by atoms with Gasteiger partial charge in [0.2, 0.25) is 5.91 Å². The number of fused-ring (bicyclic) bond motifs is 1. The standard InChI is InChI=1S/C25H29Cl2N3O5/c26-20-8-6-17(10-21(20)27)29-25(33)30-13-18(31)14-34-15-23-22(30)9-7-19(35-23)11-24(32)28-12-16-4-2-1-3-5-16/h1-6,8,10,18-19,22-23,31H,7,9,11-15H2,(H,28,32)(H,29,33)/t18-,19+,22-,23+/m0/s1. The number of aliphatic hydroxyl groups excluding tert-OH is 1. The number of carbonyl (C=O) groups is 2. The summed E-state index contributed by atoms with van der Waals surface area (Å²) in [6, 6.07) is 13.9. The molecule has 0 spiro atoms. The Morgan fingerprint density at radius 3 is 2.63 bits per heavy atom. The highest BCUT2D eigenvalue weighted by atomic mass is 35.5. The van der Waals surface area contributed by atoms with Gasteiger partial charge in [-0.3, -0.25) is 4.79 Å². The number of ether oxygens (including phenoxy) is 2. The second kappa shape index (κ2) is 12.1. The van der Waals surface area contributed by atoms with Crippen molar-refractivity contribution in [1.29, 1.82) is 0 Å². The topological polar surface area (TPSA) is 100 Å². The van der Waals surface area contributed by atoms with Crippen LogP contribution in [0.4, 0.5) is 10.5 Å². The third-order valence-corrected chi connectivity index (χ3v) is 6.90. The highest BCUT2D eigenvalue weighted by Gasteiger charge is 2.40. The van der Waals surface area contributed by atoms with Gasteiger partial charge in [-0.25, -0.2) is 4.79 Å². The number of β-amino-alcohol motifs (C(OH)–C–C–N with tert-alkyl or cyclic N) is 1. The molecule has 3 N–H and O–H groups in total. The summed E-state index contributed by atoms with van der Waals surface area (Å²) < 4.78 is 11.8. The summed E-state index contributed by atoms with van der Waals surface area (Å²) in [6.45, 7) is 0.869. The van der Waals surface area contributed by atoms with Crippen LogP contribution in [0.15, 0.2) is 48.5 Å². The van der Waals surface area contributed by atoms with Gasteiger partial charge in [0, 0.05) is 12.2 Å². The van der Waals surface area contributed by atoms with Crippen molar-refractivity contribution in [2.24, 2.45) is 0 Å². The molecule has 0 aliphatic carbocycles. The molecule has 0 saturated carbocycles. The van der Waals surface area contributed by atoms with Crippen LogP contribution in [0.2, 0.25) is 10.0 Å². The molecule has 2 saturated heterocycles. The molecule has 2 fully saturated rings. The maximum Gasteiger partial charge on any atom is 0.322 e. The Morgan fingerprint density at radius 2 is 1.86 bits per heavy atom. The van der Waals surface area contributed by atoms with Crippen molar-refractivity contribution in [3.8, 4) is 0 Å². The van der Waals surface area contributed by atoms with Gasteiger partial charge in [0.05, 0.1) is 54.5 Å². The molecule has 2 aliphatic rings. The van der Waals surface area contributed by atoms with E-state index in [-0.39, 0.29) is 50.3 Å². The molecule has 188 valence electrons. The lowest BCUT2D eigenvalue weighted by Crippen LogP contribution is -2.58. The van der Waals surface area contributed by atoms with Crippen LogP contribution in [0.5, 0.6) is 0 Å². The van der Waals surface area contributed by atoms with E-state index >= 15 is 0 Å². The number of nitrogens with one attached hydrogen (secondary N) is 2. The molecule has 2 heterocycles. The normalized spacial score (nSPS) is 24.6. The van der Waals surface area contributed by atoms with Crippen molar-refractivity contribution in [1.82, 2.24) is 10.2 Å². The molecule has 8 nitrogen and oxygen atoms in total. The van der Waals surface area contributed by atoms with E-state index in [2.05, 4.69) is 10.6 Å². The summed E-state index contributed by atoms with van der Waals surface area (Å²) in [6.07, 6.45) is -0.0629. The lowest BCUT2D eigenvalue weighted by Gasteiger charge is -2.44. The monoisotopic (exact) mass is 521 g/mol. The quantitative estimate of drug-likeness (QED) is 0.554. The Balaban J connectivity index is 1.37. The van der Waals surface area contributed by atoms with E-state index < -0.39 is 12.2 Å². The van der Waals surface area contributed by atoms with Gasteiger partial charge in [-0.15, -0.1) is 0 Å². The number of anilines is 1. The summed E-state index contributed by atoms with van der Waals surface area (Å²) in [5, 5.41) is 16.8. The van der Waals surface area contributed by atoms with E-state index in [9.17, 15) is 14.7 Å². The fourth-order valence-electron chi connectivity index (χ4n) is 4.42. The smallest absolute Gasteiger partial charge is 0.322 e. The molecule has 2 aromatic carbocycles. The van der Waals surface area contributed by atoms with Crippen LogP contribution in [-0.2, 0) is 20.8 Å². The van der Waals surface area contributed by atoms with Gasteiger partial charge in [0.15, 0.2) is 0 Å². The summed E-state index contributed by atoms with van der Waals surface area (Å²) in [5.41, 5.74) is 1.53. The molecule has 3 amide bonds. The second-order valence-electron chi connectivity index (χ2n) is 8.81. The third kappa shape index (κ3) is 7.08. The van der Waals surface area contributed by atoms with Crippen LogP contribution >= 0.6 is 23.2 Å². The lowest BCUT2D eigenvalue weighted by molar-refractivity contribution is -0.149. The van der Waals surface area contributed by atoms with Crippen LogP contribution in [0.1, 0.15) is 24.8 Å². The van der Waals surface area contributed by atoms with Crippen molar-refractivity contribution >= 4 is 40.8 Å². The number of carbonyl (C=O) groups excluding carboxylic acids is 2. The van der Waals surface area contributed by atoms with Gasteiger partial charge in [-0.05, 0) is 36.6 Å². The number of aliphatic hydroxyl groups is 1. The van der Waals surface area contributed by atoms with E-state index in [1.165, 1.54) is 0 Å². The fraction of sp³-hybridized carbons (Fsp3) is 0.440. The van der Waals surface area contributed by atoms with Crippen molar-refractivity contribution in [2.45, 2.75) is 50.2 Å². The van der Waals surface area contributed by atoms with Gasteiger partial charge in [-0.1, -0.05) is 53.5 Å².